The second kappa shape index (κ2) is 9.14. The average Bonchev–Trinajstić information content (AvgIpc) is 2.83. The Balaban J connectivity index is 0.00000400. The Hall–Kier alpha value is -0.0900. The summed E-state index contributed by atoms with van der Waals surface area (Å²) in [4.78, 5) is 6.56. The van der Waals surface area contributed by atoms with Crippen molar-refractivity contribution in [1.29, 1.82) is 0 Å². The lowest BCUT2D eigenvalue weighted by Gasteiger charge is -2.28. The van der Waals surface area contributed by atoms with Crippen molar-refractivity contribution in [3.05, 3.63) is 0 Å². The normalized spacial score (nSPS) is 18.5. The number of guanidine groups is 1. The van der Waals surface area contributed by atoms with Gasteiger partial charge in [-0.1, -0.05) is 13.8 Å². The van der Waals surface area contributed by atoms with E-state index in [1.54, 1.807) is 7.05 Å². The van der Waals surface area contributed by atoms with Gasteiger partial charge in [0.2, 0.25) is 10.0 Å². The Morgan fingerprint density at radius 3 is 2.33 bits per heavy atom. The molecule has 0 aliphatic carbocycles. The van der Waals surface area contributed by atoms with Crippen LogP contribution in [0.3, 0.4) is 0 Å². The van der Waals surface area contributed by atoms with Crippen LogP contribution in [0.2, 0.25) is 0 Å². The predicted octanol–water partition coefficient (Wildman–Crippen LogP) is 1.24. The number of aliphatic imine (C=N–C) groups is 1. The zero-order valence-electron chi connectivity index (χ0n) is 13.5. The molecule has 1 heterocycles. The Bertz CT molecular complexity index is 435. The minimum absolute atomic E-state index is 0. The lowest BCUT2D eigenvalue weighted by molar-refractivity contribution is 0.276. The van der Waals surface area contributed by atoms with Crippen LogP contribution in [0.15, 0.2) is 4.99 Å². The molecular formula is C13H29IN4O2S. The molecule has 0 bridgehead atoms. The van der Waals surface area contributed by atoms with Crippen LogP contribution in [0.25, 0.3) is 0 Å². The lowest BCUT2D eigenvalue weighted by atomic mass is 9.82. The summed E-state index contributed by atoms with van der Waals surface area (Å²) in [6.45, 7) is 7.46. The Labute approximate surface area is 146 Å². The molecule has 1 rings (SSSR count). The molecular weight excluding hydrogens is 403 g/mol. The number of rotatable bonds is 6. The molecule has 1 saturated heterocycles. The highest BCUT2D eigenvalue weighted by Crippen LogP contribution is 2.36. The van der Waals surface area contributed by atoms with Crippen molar-refractivity contribution in [2.75, 3.05) is 39.5 Å². The molecule has 0 atom stereocenters. The zero-order valence-corrected chi connectivity index (χ0v) is 16.6. The van der Waals surface area contributed by atoms with Crippen molar-refractivity contribution in [3.63, 3.8) is 0 Å². The maximum Gasteiger partial charge on any atom is 0.208 e. The van der Waals surface area contributed by atoms with E-state index in [0.29, 0.717) is 18.5 Å². The molecule has 0 unspecified atom stereocenters. The summed E-state index contributed by atoms with van der Waals surface area (Å²) in [6.07, 6.45) is 4.74. The Morgan fingerprint density at radius 2 is 1.90 bits per heavy atom. The molecule has 126 valence electrons. The molecule has 1 fully saturated rings. The number of halogens is 1. The van der Waals surface area contributed by atoms with E-state index in [1.165, 1.54) is 25.5 Å². The van der Waals surface area contributed by atoms with Crippen LogP contribution in [0.1, 0.15) is 33.1 Å². The second-order valence-corrected chi connectivity index (χ2v) is 7.35. The van der Waals surface area contributed by atoms with E-state index in [9.17, 15) is 8.42 Å². The molecule has 0 saturated carbocycles. The van der Waals surface area contributed by atoms with E-state index >= 15 is 0 Å². The summed E-state index contributed by atoms with van der Waals surface area (Å²) in [5.74, 6) is 0.865. The summed E-state index contributed by atoms with van der Waals surface area (Å²) >= 11 is 0. The van der Waals surface area contributed by atoms with Gasteiger partial charge in [0.15, 0.2) is 5.96 Å². The van der Waals surface area contributed by atoms with E-state index in [2.05, 4.69) is 33.8 Å². The maximum absolute atomic E-state index is 11.0. The standard InChI is InChI=1S/C13H28N4O2S.HI/c1-5-13(6-2)7-10-17(11-13)12(14-3)15-8-9-16-20(4,18)19;/h16H,5-11H2,1-4H3,(H,14,15);1H. The molecule has 2 N–H and O–H groups in total. The summed E-state index contributed by atoms with van der Waals surface area (Å²) in [5, 5.41) is 3.22. The first-order valence-corrected chi connectivity index (χ1v) is 9.15. The lowest BCUT2D eigenvalue weighted by Crippen LogP contribution is -2.43. The third-order valence-corrected chi connectivity index (χ3v) is 4.95. The van der Waals surface area contributed by atoms with E-state index in [-0.39, 0.29) is 24.0 Å². The largest absolute Gasteiger partial charge is 0.355 e. The first-order chi connectivity index (χ1) is 9.36. The number of hydrogen-bond acceptors (Lipinski definition) is 3. The summed E-state index contributed by atoms with van der Waals surface area (Å²) in [7, 11) is -1.35. The highest BCUT2D eigenvalue weighted by Gasteiger charge is 2.36. The predicted molar refractivity (Wildman–Crippen MR) is 98.8 cm³/mol. The van der Waals surface area contributed by atoms with E-state index in [0.717, 1.165) is 19.0 Å². The van der Waals surface area contributed by atoms with E-state index in [4.69, 9.17) is 0 Å². The van der Waals surface area contributed by atoms with Crippen molar-refractivity contribution >= 4 is 40.0 Å². The zero-order chi connectivity index (χ0) is 15.2. The van der Waals surface area contributed by atoms with Crippen LogP contribution in [-0.4, -0.2) is 58.8 Å². The van der Waals surface area contributed by atoms with Gasteiger partial charge in [0.1, 0.15) is 0 Å². The second-order valence-electron chi connectivity index (χ2n) is 5.52. The smallest absolute Gasteiger partial charge is 0.208 e. The molecule has 1 aliphatic rings. The van der Waals surface area contributed by atoms with Crippen LogP contribution in [0.4, 0.5) is 0 Å². The van der Waals surface area contributed by atoms with Gasteiger partial charge in [0.05, 0.1) is 6.26 Å². The van der Waals surface area contributed by atoms with Gasteiger partial charge in [0, 0.05) is 33.2 Å². The number of hydrogen-bond donors (Lipinski definition) is 2. The highest BCUT2D eigenvalue weighted by molar-refractivity contribution is 14.0. The number of sulfonamides is 1. The molecule has 0 radical (unpaired) electrons. The molecule has 0 aromatic rings. The van der Waals surface area contributed by atoms with Gasteiger partial charge >= 0.3 is 0 Å². The van der Waals surface area contributed by atoms with Gasteiger partial charge in [-0.05, 0) is 24.7 Å². The van der Waals surface area contributed by atoms with Gasteiger partial charge < -0.3 is 10.2 Å². The maximum atomic E-state index is 11.0. The third-order valence-electron chi connectivity index (χ3n) is 4.22. The van der Waals surface area contributed by atoms with Gasteiger partial charge in [-0.2, -0.15) is 0 Å². The first kappa shape index (κ1) is 20.9. The van der Waals surface area contributed by atoms with Crippen molar-refractivity contribution in [2.24, 2.45) is 10.4 Å². The van der Waals surface area contributed by atoms with Crippen LogP contribution in [-0.2, 0) is 10.0 Å². The first-order valence-electron chi connectivity index (χ1n) is 7.26. The van der Waals surface area contributed by atoms with Gasteiger partial charge in [-0.15, -0.1) is 24.0 Å². The van der Waals surface area contributed by atoms with Gasteiger partial charge in [0.25, 0.3) is 0 Å². The van der Waals surface area contributed by atoms with Crippen molar-refractivity contribution in [2.45, 2.75) is 33.1 Å². The van der Waals surface area contributed by atoms with Gasteiger partial charge in [-0.3, -0.25) is 4.99 Å². The molecule has 1 aliphatic heterocycles. The highest BCUT2D eigenvalue weighted by atomic mass is 127. The molecule has 21 heavy (non-hydrogen) atoms. The van der Waals surface area contributed by atoms with Crippen molar-refractivity contribution in [1.82, 2.24) is 14.9 Å². The fourth-order valence-electron chi connectivity index (χ4n) is 2.69. The Kier molecular flexibility index (Phi) is 9.10. The van der Waals surface area contributed by atoms with E-state index < -0.39 is 10.0 Å². The topological polar surface area (TPSA) is 73.8 Å². The molecule has 8 heteroatoms. The number of likely N-dealkylation sites (tertiary alicyclic amines) is 1. The van der Waals surface area contributed by atoms with Gasteiger partial charge in [-0.25, -0.2) is 13.1 Å². The number of nitrogens with zero attached hydrogens (tertiary/aromatic N) is 2. The Morgan fingerprint density at radius 1 is 1.29 bits per heavy atom. The molecule has 6 nitrogen and oxygen atoms in total. The minimum atomic E-state index is -3.12. The molecule has 0 amide bonds. The van der Waals surface area contributed by atoms with E-state index in [1.807, 2.05) is 0 Å². The third kappa shape index (κ3) is 6.68. The fourth-order valence-corrected chi connectivity index (χ4v) is 3.16. The molecule has 0 aromatic carbocycles. The summed E-state index contributed by atoms with van der Waals surface area (Å²) < 4.78 is 24.4. The summed E-state index contributed by atoms with van der Waals surface area (Å²) in [5.41, 5.74) is 0.405. The minimum Gasteiger partial charge on any atom is -0.355 e. The molecule has 0 spiro atoms. The van der Waals surface area contributed by atoms with Crippen LogP contribution < -0.4 is 10.0 Å². The monoisotopic (exact) mass is 432 g/mol. The van der Waals surface area contributed by atoms with Crippen LogP contribution in [0.5, 0.6) is 0 Å². The quantitative estimate of drug-likeness (QED) is 0.287. The molecule has 0 aromatic heterocycles. The number of nitrogens with one attached hydrogen (secondary N) is 2. The average molecular weight is 432 g/mol. The fraction of sp³-hybridized carbons (Fsp3) is 0.923. The summed E-state index contributed by atoms with van der Waals surface area (Å²) in [6, 6.07) is 0. The van der Waals surface area contributed by atoms with Crippen LogP contribution >= 0.6 is 24.0 Å². The van der Waals surface area contributed by atoms with Crippen molar-refractivity contribution < 1.29 is 8.42 Å². The van der Waals surface area contributed by atoms with Crippen LogP contribution in [0, 0.1) is 5.41 Å². The SMILES string of the molecule is CCC1(CC)CCN(C(=NC)NCCNS(C)(=O)=O)C1.I. The van der Waals surface area contributed by atoms with Crippen molar-refractivity contribution in [3.8, 4) is 0 Å².